The molecular weight excluding hydrogens is 1100 g/mol. The van der Waals surface area contributed by atoms with Crippen LogP contribution in [0.25, 0.3) is 0 Å². The summed E-state index contributed by atoms with van der Waals surface area (Å²) in [7, 11) is 1.30. The molecule has 2 N–H and O–H groups in total. The third-order valence-electron chi connectivity index (χ3n) is 16.2. The zero-order valence-electron chi connectivity index (χ0n) is 58.1. The van der Waals surface area contributed by atoms with Crippen molar-refractivity contribution in [3.8, 4) is 0 Å². The van der Waals surface area contributed by atoms with E-state index in [2.05, 4.69) is 141 Å². The van der Waals surface area contributed by atoms with Crippen LogP contribution < -0.4 is 10.2 Å². The maximum atomic E-state index is 13.1. The Morgan fingerprint density at radius 3 is 1.01 bits per heavy atom. The van der Waals surface area contributed by atoms with Crippen molar-refractivity contribution in [1.29, 1.82) is 0 Å². The molecule has 0 aliphatic heterocycles. The van der Waals surface area contributed by atoms with Gasteiger partial charge in [0.05, 0.1) is 39.9 Å². The Morgan fingerprint density at radius 2 is 0.693 bits per heavy atom. The van der Waals surface area contributed by atoms with E-state index in [0.717, 1.165) is 109 Å². The molecule has 0 aliphatic carbocycles. The Kier molecular flexibility index (Phi) is 65.9. The number of amides is 1. The van der Waals surface area contributed by atoms with E-state index >= 15 is 0 Å². The van der Waals surface area contributed by atoms with Crippen molar-refractivity contribution in [2.24, 2.45) is 0 Å². The van der Waals surface area contributed by atoms with Crippen LogP contribution in [0.2, 0.25) is 0 Å². The first-order valence-electron chi connectivity index (χ1n) is 36.9. The average Bonchev–Trinajstić information content (AvgIpc) is 3.71. The largest absolute Gasteiger partial charge is 0.756 e. The Hall–Kier alpha value is -3.10. The Labute approximate surface area is 545 Å². The van der Waals surface area contributed by atoms with Crippen LogP contribution in [-0.2, 0) is 18.4 Å². The van der Waals surface area contributed by atoms with E-state index in [9.17, 15) is 19.4 Å². The molecule has 0 fully saturated rings. The van der Waals surface area contributed by atoms with Crippen molar-refractivity contribution in [3.63, 3.8) is 0 Å². The second-order valence-corrected chi connectivity index (χ2v) is 27.3. The van der Waals surface area contributed by atoms with E-state index in [-0.39, 0.29) is 19.1 Å². The minimum atomic E-state index is -4.59. The van der Waals surface area contributed by atoms with Gasteiger partial charge in [-0.05, 0) is 89.9 Å². The van der Waals surface area contributed by atoms with Gasteiger partial charge < -0.3 is 28.8 Å². The summed E-state index contributed by atoms with van der Waals surface area (Å²) in [6.07, 6.45) is 101. The predicted molar refractivity (Wildman–Crippen MR) is 385 cm³/mol. The van der Waals surface area contributed by atoms with Gasteiger partial charge >= 0.3 is 0 Å². The standard InChI is InChI=1S/C79H141N2O6P/c1-6-8-10-12-14-16-18-20-22-24-26-28-30-32-33-34-35-36-37-38-39-40-41-42-43-44-45-46-47-49-51-53-55-57-59-61-63-65-67-69-71-73-79(83)80-77(76-87-88(84,85)86-75-74-81(3,4)5)78(82)72-70-68-66-64-62-60-58-56-54-52-50-48-31-29-27-25-23-21-19-17-15-13-11-9-7-2/h8,10,14,16,20,22,26,28,32-33,35-36,38-39,41-42,44-45,47,49,77-78,82H,6-7,9,11-13,15,17-19,21,23-25,27,29-31,34,37,40,43,46,48,50-76H2,1-5H3,(H-,80,83,84,85)/b10-8-,16-14-,22-20-,28-26-,33-32-,36-35-,39-38-,42-41-,45-44-,49-47-. The third-order valence-corrected chi connectivity index (χ3v) is 17.2. The second kappa shape index (κ2) is 68.3. The number of likely N-dealkylation sites (N-methyl/N-ethyl adjacent to an activating group) is 1. The number of aliphatic hydroxyl groups excluding tert-OH is 1. The number of hydrogen-bond acceptors (Lipinski definition) is 6. The number of rotatable bonds is 67. The van der Waals surface area contributed by atoms with Gasteiger partial charge in [0.25, 0.3) is 7.82 Å². The smallest absolute Gasteiger partial charge is 0.268 e. The lowest BCUT2D eigenvalue weighted by Crippen LogP contribution is -2.46. The molecule has 508 valence electrons. The summed E-state index contributed by atoms with van der Waals surface area (Å²) < 4.78 is 23.5. The lowest BCUT2D eigenvalue weighted by Gasteiger charge is -2.30. The number of nitrogens with zero attached hydrogens (tertiary/aromatic N) is 1. The number of quaternary nitrogens is 1. The number of nitrogens with one attached hydrogen (secondary N) is 1. The predicted octanol–water partition coefficient (Wildman–Crippen LogP) is 23.4. The molecule has 0 saturated carbocycles. The molecule has 0 saturated heterocycles. The lowest BCUT2D eigenvalue weighted by molar-refractivity contribution is -0.870. The summed E-state index contributed by atoms with van der Waals surface area (Å²) in [5, 5.41) is 14.1. The summed E-state index contributed by atoms with van der Waals surface area (Å²) in [6, 6.07) is -0.812. The van der Waals surface area contributed by atoms with Crippen LogP contribution in [0.5, 0.6) is 0 Å². The molecule has 1 amide bonds. The van der Waals surface area contributed by atoms with Gasteiger partial charge in [-0.2, -0.15) is 0 Å². The Balaban J connectivity index is 4.06. The Bertz CT molecular complexity index is 1850. The SMILES string of the molecule is CC/C=C\C/C=C\C/C=C\C/C=C\C/C=C\C/C=C\C/C=C\C/C=C\C/C=C\C/C=C\CCCCCCCCCCCCC(=O)NC(COP(=O)([O-])OCC[N+](C)(C)C)C(O)CCCCCCCCCCCCCCCCCCCCCCCCCCC. The molecule has 0 bridgehead atoms. The second-order valence-electron chi connectivity index (χ2n) is 25.9. The molecule has 3 unspecified atom stereocenters. The van der Waals surface area contributed by atoms with E-state index in [0.29, 0.717) is 23.9 Å². The fourth-order valence-corrected chi connectivity index (χ4v) is 11.3. The number of allylic oxidation sites excluding steroid dienone is 20. The molecule has 0 aliphatic rings. The normalized spacial score (nSPS) is 14.3. The van der Waals surface area contributed by atoms with Crippen molar-refractivity contribution in [2.45, 2.75) is 334 Å². The molecule has 88 heavy (non-hydrogen) atoms. The first kappa shape index (κ1) is 84.9. The van der Waals surface area contributed by atoms with E-state index in [1.54, 1.807) is 0 Å². The van der Waals surface area contributed by atoms with Crippen molar-refractivity contribution >= 4 is 13.7 Å². The molecule has 8 nitrogen and oxygen atoms in total. The zero-order chi connectivity index (χ0) is 64.1. The van der Waals surface area contributed by atoms with Crippen LogP contribution in [0.4, 0.5) is 0 Å². The topological polar surface area (TPSA) is 108 Å². The van der Waals surface area contributed by atoms with Crippen molar-refractivity contribution < 1.29 is 32.9 Å². The fraction of sp³-hybridized carbons (Fsp3) is 0.734. The van der Waals surface area contributed by atoms with Crippen LogP contribution in [-0.4, -0.2) is 68.5 Å². The van der Waals surface area contributed by atoms with Crippen LogP contribution in [0.3, 0.4) is 0 Å². The highest BCUT2D eigenvalue weighted by Gasteiger charge is 2.24. The molecular formula is C79H141N2O6P. The molecule has 0 aromatic rings. The summed E-state index contributed by atoms with van der Waals surface area (Å²) in [5.41, 5.74) is 0. The summed E-state index contributed by atoms with van der Waals surface area (Å²) >= 11 is 0. The van der Waals surface area contributed by atoms with E-state index in [1.807, 2.05) is 21.1 Å². The highest BCUT2D eigenvalue weighted by Crippen LogP contribution is 2.38. The van der Waals surface area contributed by atoms with Crippen molar-refractivity contribution in [2.75, 3.05) is 40.9 Å². The number of aliphatic hydroxyl groups is 1. The molecule has 3 atom stereocenters. The number of carbonyl (C=O) groups excluding carboxylic acids is 1. The highest BCUT2D eigenvalue weighted by molar-refractivity contribution is 7.45. The van der Waals surface area contributed by atoms with E-state index < -0.39 is 20.0 Å². The van der Waals surface area contributed by atoms with E-state index in [1.165, 1.54) is 186 Å². The van der Waals surface area contributed by atoms with Crippen molar-refractivity contribution in [3.05, 3.63) is 122 Å². The summed E-state index contributed by atoms with van der Waals surface area (Å²) in [4.78, 5) is 25.7. The number of hydrogen-bond donors (Lipinski definition) is 2. The molecule has 0 aromatic heterocycles. The van der Waals surface area contributed by atoms with Crippen LogP contribution in [0, 0.1) is 0 Å². The van der Waals surface area contributed by atoms with Crippen LogP contribution in [0.1, 0.15) is 322 Å². The van der Waals surface area contributed by atoms with Gasteiger partial charge in [0, 0.05) is 6.42 Å². The van der Waals surface area contributed by atoms with Gasteiger partial charge in [0.1, 0.15) is 13.2 Å². The monoisotopic (exact) mass is 1250 g/mol. The number of unbranched alkanes of at least 4 members (excludes halogenated alkanes) is 34. The minimum absolute atomic E-state index is 0.00711. The van der Waals surface area contributed by atoms with Crippen molar-refractivity contribution in [1.82, 2.24) is 5.32 Å². The van der Waals surface area contributed by atoms with Crippen LogP contribution >= 0.6 is 7.82 Å². The first-order valence-corrected chi connectivity index (χ1v) is 38.3. The molecule has 0 heterocycles. The summed E-state index contributed by atoms with van der Waals surface area (Å²) in [6.45, 7) is 4.63. The van der Waals surface area contributed by atoms with Gasteiger partial charge in [-0.25, -0.2) is 0 Å². The summed E-state index contributed by atoms with van der Waals surface area (Å²) in [5.74, 6) is -0.170. The quantitative estimate of drug-likeness (QED) is 0.0272. The third kappa shape index (κ3) is 70.4. The number of carbonyl (C=O) groups is 1. The molecule has 0 radical (unpaired) electrons. The van der Waals surface area contributed by atoms with Gasteiger partial charge in [-0.1, -0.05) is 347 Å². The van der Waals surface area contributed by atoms with Gasteiger partial charge in [0.2, 0.25) is 5.91 Å². The highest BCUT2D eigenvalue weighted by atomic mass is 31.2. The van der Waals surface area contributed by atoms with Crippen LogP contribution in [0.15, 0.2) is 122 Å². The average molecular weight is 1250 g/mol. The first-order chi connectivity index (χ1) is 43.0. The fourth-order valence-electron chi connectivity index (χ4n) is 10.5. The minimum Gasteiger partial charge on any atom is -0.756 e. The number of phosphoric acid groups is 1. The molecule has 0 rings (SSSR count). The number of phosphoric ester groups is 1. The molecule has 9 heteroatoms. The zero-order valence-corrected chi connectivity index (χ0v) is 59.0. The van der Waals surface area contributed by atoms with Gasteiger partial charge in [-0.15, -0.1) is 0 Å². The molecule has 0 spiro atoms. The maximum Gasteiger partial charge on any atom is 0.268 e. The maximum absolute atomic E-state index is 13.1. The van der Waals surface area contributed by atoms with Gasteiger partial charge in [-0.3, -0.25) is 9.36 Å². The van der Waals surface area contributed by atoms with Gasteiger partial charge in [0.15, 0.2) is 0 Å². The van der Waals surface area contributed by atoms with E-state index in [4.69, 9.17) is 9.05 Å². The lowest BCUT2D eigenvalue weighted by atomic mass is 10.0. The molecule has 0 aromatic carbocycles. The Morgan fingerprint density at radius 1 is 0.409 bits per heavy atom.